The van der Waals surface area contributed by atoms with Crippen molar-refractivity contribution in [1.29, 1.82) is 0 Å². The van der Waals surface area contributed by atoms with Crippen molar-refractivity contribution in [3.63, 3.8) is 0 Å². The van der Waals surface area contributed by atoms with Crippen LogP contribution in [0.5, 0.6) is 5.75 Å². The molecule has 0 amide bonds. The summed E-state index contributed by atoms with van der Waals surface area (Å²) in [6.45, 7) is 9.43. The highest BCUT2D eigenvalue weighted by atomic mass is 19.1. The summed E-state index contributed by atoms with van der Waals surface area (Å²) in [4.78, 5) is 0. The highest BCUT2D eigenvalue weighted by Crippen LogP contribution is 2.22. The predicted octanol–water partition coefficient (Wildman–Crippen LogP) is 3.30. The van der Waals surface area contributed by atoms with Gasteiger partial charge in [-0.15, -0.1) is 0 Å². The Bertz CT molecular complexity index is 407. The summed E-state index contributed by atoms with van der Waals surface area (Å²) in [6.07, 6.45) is 0. The van der Waals surface area contributed by atoms with E-state index in [1.54, 1.807) is 6.07 Å². The molecule has 3 nitrogen and oxygen atoms in total. The highest BCUT2D eigenvalue weighted by molar-refractivity contribution is 5.30. The zero-order valence-electron chi connectivity index (χ0n) is 12.4. The molecular weight excluding hydrogens is 245 g/mol. The monoisotopic (exact) mass is 269 g/mol. The average Bonchev–Trinajstić information content (AvgIpc) is 2.36. The molecule has 0 aliphatic heterocycles. The lowest BCUT2D eigenvalue weighted by Gasteiger charge is -2.27. The molecule has 108 valence electrons. The normalized spacial score (nSPS) is 13.4. The van der Waals surface area contributed by atoms with Gasteiger partial charge in [-0.25, -0.2) is 4.39 Å². The Kier molecular flexibility index (Phi) is 5.76. The minimum Gasteiger partial charge on any atom is -0.494 e. The second-order valence-electron chi connectivity index (χ2n) is 5.19. The molecule has 0 heterocycles. The van der Waals surface area contributed by atoms with Crippen LogP contribution in [-0.4, -0.2) is 25.9 Å². The van der Waals surface area contributed by atoms with Gasteiger partial charge >= 0.3 is 0 Å². The molecule has 0 aromatic heterocycles. The first-order valence-corrected chi connectivity index (χ1v) is 6.60. The number of methoxy groups -OCH3 is 1. The number of hydrogen-bond acceptors (Lipinski definition) is 3. The van der Waals surface area contributed by atoms with Gasteiger partial charge in [0.05, 0.1) is 12.7 Å². The molecule has 0 aliphatic rings. The maximum atomic E-state index is 13.6. The van der Waals surface area contributed by atoms with E-state index in [4.69, 9.17) is 9.47 Å². The van der Waals surface area contributed by atoms with Crippen LogP contribution in [0.15, 0.2) is 18.2 Å². The van der Waals surface area contributed by atoms with Gasteiger partial charge in [-0.05, 0) is 45.4 Å². The number of ether oxygens (including phenoxy) is 2. The van der Waals surface area contributed by atoms with Gasteiger partial charge in [-0.3, -0.25) is 0 Å². The fourth-order valence-electron chi connectivity index (χ4n) is 1.91. The standard InChI is InChI=1S/C15H24FNO2/c1-6-19-15(3,4)10-17-11(2)12-7-8-14(18-5)13(16)9-12/h7-9,11,17H,6,10H2,1-5H3. The number of halogens is 1. The maximum absolute atomic E-state index is 13.6. The van der Waals surface area contributed by atoms with Crippen molar-refractivity contribution < 1.29 is 13.9 Å². The van der Waals surface area contributed by atoms with Crippen LogP contribution < -0.4 is 10.1 Å². The molecule has 1 atom stereocenters. The third-order valence-electron chi connectivity index (χ3n) is 3.04. The van der Waals surface area contributed by atoms with E-state index in [0.29, 0.717) is 13.2 Å². The van der Waals surface area contributed by atoms with Gasteiger partial charge in [0.2, 0.25) is 0 Å². The van der Waals surface area contributed by atoms with Crippen LogP contribution in [0.4, 0.5) is 4.39 Å². The van der Waals surface area contributed by atoms with Crippen LogP contribution in [-0.2, 0) is 4.74 Å². The van der Waals surface area contributed by atoms with E-state index in [2.05, 4.69) is 5.32 Å². The maximum Gasteiger partial charge on any atom is 0.165 e. The molecule has 0 saturated heterocycles. The van der Waals surface area contributed by atoms with Crippen molar-refractivity contribution >= 4 is 0 Å². The lowest BCUT2D eigenvalue weighted by molar-refractivity contribution is -0.0103. The first-order chi connectivity index (χ1) is 8.89. The minimum absolute atomic E-state index is 0.0557. The van der Waals surface area contributed by atoms with Crippen molar-refractivity contribution in [2.24, 2.45) is 0 Å². The van der Waals surface area contributed by atoms with Crippen molar-refractivity contribution in [2.45, 2.75) is 39.3 Å². The molecule has 19 heavy (non-hydrogen) atoms. The zero-order valence-corrected chi connectivity index (χ0v) is 12.4. The van der Waals surface area contributed by atoms with Crippen LogP contribution in [0.25, 0.3) is 0 Å². The molecule has 1 N–H and O–H groups in total. The Hall–Kier alpha value is -1.13. The molecular formula is C15H24FNO2. The molecule has 1 unspecified atom stereocenters. The number of nitrogens with one attached hydrogen (secondary N) is 1. The molecule has 0 radical (unpaired) electrons. The van der Waals surface area contributed by atoms with E-state index in [1.165, 1.54) is 13.2 Å². The van der Waals surface area contributed by atoms with E-state index in [0.717, 1.165) is 5.56 Å². The second kappa shape index (κ2) is 6.87. The van der Waals surface area contributed by atoms with Crippen molar-refractivity contribution in [1.82, 2.24) is 5.32 Å². The SMILES string of the molecule is CCOC(C)(C)CNC(C)c1ccc(OC)c(F)c1. The van der Waals surface area contributed by atoms with Gasteiger partial charge in [0.15, 0.2) is 11.6 Å². The first kappa shape index (κ1) is 15.9. The second-order valence-corrected chi connectivity index (χ2v) is 5.19. The fourth-order valence-corrected chi connectivity index (χ4v) is 1.91. The fraction of sp³-hybridized carbons (Fsp3) is 0.600. The topological polar surface area (TPSA) is 30.5 Å². The molecule has 0 fully saturated rings. The van der Waals surface area contributed by atoms with Crippen LogP contribution in [0, 0.1) is 5.82 Å². The first-order valence-electron chi connectivity index (χ1n) is 6.60. The van der Waals surface area contributed by atoms with E-state index >= 15 is 0 Å². The summed E-state index contributed by atoms with van der Waals surface area (Å²) in [5, 5.41) is 3.36. The molecule has 1 aromatic rings. The molecule has 1 aromatic carbocycles. The predicted molar refractivity (Wildman–Crippen MR) is 75.1 cm³/mol. The zero-order chi connectivity index (χ0) is 14.5. The Balaban J connectivity index is 2.63. The summed E-state index contributed by atoms with van der Waals surface area (Å²) >= 11 is 0. The number of hydrogen-bond donors (Lipinski definition) is 1. The van der Waals surface area contributed by atoms with Gasteiger partial charge in [0.25, 0.3) is 0 Å². The van der Waals surface area contributed by atoms with Crippen molar-refractivity contribution in [2.75, 3.05) is 20.3 Å². The van der Waals surface area contributed by atoms with Crippen LogP contribution in [0.3, 0.4) is 0 Å². The molecule has 0 aliphatic carbocycles. The van der Waals surface area contributed by atoms with Crippen LogP contribution >= 0.6 is 0 Å². The van der Waals surface area contributed by atoms with Crippen molar-refractivity contribution in [3.05, 3.63) is 29.6 Å². The smallest absolute Gasteiger partial charge is 0.165 e. The Morgan fingerprint density at radius 2 is 2.05 bits per heavy atom. The molecule has 1 rings (SSSR count). The van der Waals surface area contributed by atoms with Gasteiger partial charge < -0.3 is 14.8 Å². The highest BCUT2D eigenvalue weighted by Gasteiger charge is 2.19. The van der Waals surface area contributed by atoms with Crippen LogP contribution in [0.1, 0.15) is 39.3 Å². The van der Waals surface area contributed by atoms with Gasteiger partial charge in [0, 0.05) is 19.2 Å². The van der Waals surface area contributed by atoms with Gasteiger partial charge in [0.1, 0.15) is 0 Å². The molecule has 4 heteroatoms. The average molecular weight is 269 g/mol. The molecule has 0 spiro atoms. The molecule has 0 bridgehead atoms. The van der Waals surface area contributed by atoms with Gasteiger partial charge in [-0.1, -0.05) is 6.07 Å². The Morgan fingerprint density at radius 3 is 2.58 bits per heavy atom. The summed E-state index contributed by atoms with van der Waals surface area (Å²) in [5.74, 6) is -0.0664. The summed E-state index contributed by atoms with van der Waals surface area (Å²) in [6, 6.07) is 5.08. The quantitative estimate of drug-likeness (QED) is 0.824. The number of rotatable bonds is 7. The lowest BCUT2D eigenvalue weighted by atomic mass is 10.1. The van der Waals surface area contributed by atoms with E-state index in [1.807, 2.05) is 33.8 Å². The Morgan fingerprint density at radius 1 is 1.37 bits per heavy atom. The van der Waals surface area contributed by atoms with E-state index in [-0.39, 0.29) is 23.2 Å². The van der Waals surface area contributed by atoms with Crippen LogP contribution in [0.2, 0.25) is 0 Å². The van der Waals surface area contributed by atoms with E-state index < -0.39 is 0 Å². The molecule has 0 saturated carbocycles. The number of benzene rings is 1. The summed E-state index contributed by atoms with van der Waals surface area (Å²) in [7, 11) is 1.46. The third kappa shape index (κ3) is 4.80. The largest absolute Gasteiger partial charge is 0.494 e. The Labute approximate surface area is 115 Å². The lowest BCUT2D eigenvalue weighted by Crippen LogP contribution is -2.38. The summed E-state index contributed by atoms with van der Waals surface area (Å²) < 4.78 is 24.2. The summed E-state index contributed by atoms with van der Waals surface area (Å²) in [5.41, 5.74) is 0.666. The van der Waals surface area contributed by atoms with Gasteiger partial charge in [-0.2, -0.15) is 0 Å². The van der Waals surface area contributed by atoms with E-state index in [9.17, 15) is 4.39 Å². The minimum atomic E-state index is -0.335. The third-order valence-corrected chi connectivity index (χ3v) is 3.04. The van der Waals surface area contributed by atoms with Crippen molar-refractivity contribution in [3.8, 4) is 5.75 Å².